The maximum atomic E-state index is 10.9. The highest BCUT2D eigenvalue weighted by Gasteiger charge is 2.57. The molecule has 6 atom stereocenters. The predicted octanol–water partition coefficient (Wildman–Crippen LogP) is 2.06. The minimum Gasteiger partial charge on any atom is -0.390 e. The van der Waals surface area contributed by atoms with Crippen LogP contribution in [0.4, 0.5) is 0 Å². The fourth-order valence-electron chi connectivity index (χ4n) is 5.72. The number of hydrogen-bond donors (Lipinski definition) is 3. The second-order valence-electron chi connectivity index (χ2n) is 8.08. The Balaban J connectivity index is 1.64. The first-order valence-electron chi connectivity index (χ1n) is 8.85. The maximum Gasteiger partial charge on any atom is 0.446 e. The van der Waals surface area contributed by atoms with Gasteiger partial charge in [-0.05, 0) is 78.5 Å². The van der Waals surface area contributed by atoms with Crippen molar-refractivity contribution in [2.24, 2.45) is 17.3 Å². The lowest BCUT2D eigenvalue weighted by atomic mass is 9.55. The standard InChI is InChI=1S/C18H24O6S/c1-18-7-6-13-12-5-3-11(24-25(21,22)23)8-10(12)2-4-14(13)15(18)9-16(19)17(18)20/h3,5,8,13-17,19-20H,2,4,6-7,9H2,1H3,(H,21,22,23)/t13-,14-,15-,16-,17-,18-/m0/s1. The molecule has 7 heteroatoms. The van der Waals surface area contributed by atoms with Crippen LogP contribution in [-0.2, 0) is 16.8 Å². The number of hydrogen-bond acceptors (Lipinski definition) is 5. The van der Waals surface area contributed by atoms with Crippen molar-refractivity contribution in [3.63, 3.8) is 0 Å². The number of benzene rings is 1. The topological polar surface area (TPSA) is 104 Å². The normalized spacial score (nSPS) is 40.1. The van der Waals surface area contributed by atoms with E-state index in [2.05, 4.69) is 11.1 Å². The number of fused-ring (bicyclic) bond motifs is 5. The molecule has 3 aliphatic carbocycles. The van der Waals surface area contributed by atoms with Crippen molar-refractivity contribution in [3.8, 4) is 5.75 Å². The molecule has 138 valence electrons. The quantitative estimate of drug-likeness (QED) is 0.690. The zero-order chi connectivity index (χ0) is 18.0. The van der Waals surface area contributed by atoms with Gasteiger partial charge in [-0.3, -0.25) is 4.55 Å². The van der Waals surface area contributed by atoms with E-state index in [1.807, 2.05) is 6.07 Å². The first-order chi connectivity index (χ1) is 11.7. The third kappa shape index (κ3) is 2.77. The molecule has 0 bridgehead atoms. The van der Waals surface area contributed by atoms with Gasteiger partial charge in [0.15, 0.2) is 0 Å². The van der Waals surface area contributed by atoms with Crippen molar-refractivity contribution in [1.29, 1.82) is 0 Å². The zero-order valence-electron chi connectivity index (χ0n) is 14.1. The molecule has 0 radical (unpaired) electrons. The molecule has 0 spiro atoms. The van der Waals surface area contributed by atoms with Crippen LogP contribution in [0.2, 0.25) is 0 Å². The van der Waals surface area contributed by atoms with Crippen molar-refractivity contribution in [2.45, 2.75) is 57.2 Å². The molecule has 3 aliphatic rings. The van der Waals surface area contributed by atoms with E-state index in [9.17, 15) is 18.6 Å². The van der Waals surface area contributed by atoms with E-state index in [0.29, 0.717) is 24.2 Å². The highest BCUT2D eigenvalue weighted by Crippen LogP contribution is 2.60. The van der Waals surface area contributed by atoms with E-state index in [0.717, 1.165) is 31.2 Å². The first-order valence-corrected chi connectivity index (χ1v) is 10.2. The number of aliphatic hydroxyl groups excluding tert-OH is 2. The Morgan fingerprint density at radius 2 is 2.00 bits per heavy atom. The fourth-order valence-corrected chi connectivity index (χ4v) is 6.07. The van der Waals surface area contributed by atoms with Gasteiger partial charge in [0.1, 0.15) is 5.75 Å². The van der Waals surface area contributed by atoms with Crippen LogP contribution >= 0.6 is 0 Å². The van der Waals surface area contributed by atoms with Gasteiger partial charge < -0.3 is 14.4 Å². The van der Waals surface area contributed by atoms with E-state index in [1.54, 1.807) is 12.1 Å². The summed E-state index contributed by atoms with van der Waals surface area (Å²) in [5.41, 5.74) is 2.05. The van der Waals surface area contributed by atoms with E-state index >= 15 is 0 Å². The molecule has 25 heavy (non-hydrogen) atoms. The summed E-state index contributed by atoms with van der Waals surface area (Å²) < 4.78 is 35.2. The summed E-state index contributed by atoms with van der Waals surface area (Å²) in [5, 5.41) is 20.6. The largest absolute Gasteiger partial charge is 0.446 e. The Morgan fingerprint density at radius 1 is 1.24 bits per heavy atom. The monoisotopic (exact) mass is 368 g/mol. The molecule has 0 unspecified atom stereocenters. The van der Waals surface area contributed by atoms with Crippen LogP contribution in [0.15, 0.2) is 18.2 Å². The fraction of sp³-hybridized carbons (Fsp3) is 0.667. The molecular formula is C18H24O6S. The van der Waals surface area contributed by atoms with Crippen molar-refractivity contribution in [1.82, 2.24) is 0 Å². The SMILES string of the molecule is C[C@]12CC[C@H]3c4ccc(OS(=O)(=O)O)cc4CC[C@@H]3[C@@H]1C[C@H](O)[C@@H]2O. The Hall–Kier alpha value is -1.15. The molecule has 4 rings (SSSR count). The predicted molar refractivity (Wildman–Crippen MR) is 90.6 cm³/mol. The summed E-state index contributed by atoms with van der Waals surface area (Å²) in [6.07, 6.45) is 2.95. The van der Waals surface area contributed by atoms with Gasteiger partial charge in [0.05, 0.1) is 12.2 Å². The van der Waals surface area contributed by atoms with Crippen LogP contribution < -0.4 is 4.18 Å². The van der Waals surface area contributed by atoms with Crippen LogP contribution in [0, 0.1) is 17.3 Å². The third-order valence-electron chi connectivity index (χ3n) is 6.87. The molecular weight excluding hydrogens is 344 g/mol. The molecule has 1 aromatic carbocycles. The number of aryl methyl sites for hydroxylation is 1. The van der Waals surface area contributed by atoms with Gasteiger partial charge in [-0.15, -0.1) is 0 Å². The van der Waals surface area contributed by atoms with Gasteiger partial charge in [0, 0.05) is 0 Å². The Labute approximate surface area is 147 Å². The van der Waals surface area contributed by atoms with Gasteiger partial charge in [0.25, 0.3) is 0 Å². The summed E-state index contributed by atoms with van der Waals surface area (Å²) in [5.74, 6) is 1.22. The molecule has 2 saturated carbocycles. The molecule has 0 heterocycles. The highest BCUT2D eigenvalue weighted by atomic mass is 32.3. The Kier molecular flexibility index (Phi) is 3.92. The van der Waals surface area contributed by atoms with Crippen LogP contribution in [0.1, 0.15) is 49.7 Å². The summed E-state index contributed by atoms with van der Waals surface area (Å²) >= 11 is 0. The van der Waals surface area contributed by atoms with E-state index in [4.69, 9.17) is 4.55 Å². The molecule has 2 fully saturated rings. The van der Waals surface area contributed by atoms with Crippen molar-refractivity contribution >= 4 is 10.4 Å². The van der Waals surface area contributed by atoms with Crippen molar-refractivity contribution in [2.75, 3.05) is 0 Å². The van der Waals surface area contributed by atoms with E-state index in [-0.39, 0.29) is 11.2 Å². The average Bonchev–Trinajstić information content (AvgIpc) is 2.76. The minimum absolute atomic E-state index is 0.132. The average molecular weight is 368 g/mol. The molecule has 0 aromatic heterocycles. The van der Waals surface area contributed by atoms with Gasteiger partial charge in [-0.1, -0.05) is 13.0 Å². The second kappa shape index (κ2) is 5.67. The number of rotatable bonds is 2. The molecule has 0 amide bonds. The molecule has 3 N–H and O–H groups in total. The second-order valence-corrected chi connectivity index (χ2v) is 9.10. The van der Waals surface area contributed by atoms with E-state index in [1.165, 1.54) is 5.56 Å². The summed E-state index contributed by atoms with van der Waals surface area (Å²) in [6, 6.07) is 5.18. The summed E-state index contributed by atoms with van der Waals surface area (Å²) in [7, 11) is -4.51. The number of aliphatic hydroxyl groups is 2. The van der Waals surface area contributed by atoms with Crippen molar-refractivity contribution in [3.05, 3.63) is 29.3 Å². The first kappa shape index (κ1) is 17.3. The zero-order valence-corrected chi connectivity index (χ0v) is 14.9. The maximum absolute atomic E-state index is 10.9. The Morgan fingerprint density at radius 3 is 2.72 bits per heavy atom. The van der Waals surface area contributed by atoms with Gasteiger partial charge in [0.2, 0.25) is 0 Å². The van der Waals surface area contributed by atoms with Gasteiger partial charge in [-0.25, -0.2) is 0 Å². The van der Waals surface area contributed by atoms with Crippen molar-refractivity contribution < 1.29 is 27.4 Å². The van der Waals surface area contributed by atoms with Gasteiger partial charge in [-0.2, -0.15) is 8.42 Å². The highest BCUT2D eigenvalue weighted by molar-refractivity contribution is 7.81. The van der Waals surface area contributed by atoms with Crippen LogP contribution in [-0.4, -0.2) is 35.4 Å². The van der Waals surface area contributed by atoms with Gasteiger partial charge >= 0.3 is 10.4 Å². The van der Waals surface area contributed by atoms with Crippen LogP contribution in [0.5, 0.6) is 5.75 Å². The minimum atomic E-state index is -4.51. The van der Waals surface area contributed by atoms with E-state index < -0.39 is 22.6 Å². The molecule has 1 aromatic rings. The lowest BCUT2D eigenvalue weighted by Gasteiger charge is -2.49. The molecule has 0 saturated heterocycles. The molecule has 0 aliphatic heterocycles. The van der Waals surface area contributed by atoms with Crippen LogP contribution in [0.25, 0.3) is 0 Å². The summed E-state index contributed by atoms with van der Waals surface area (Å²) in [6.45, 7) is 2.10. The lowest BCUT2D eigenvalue weighted by Crippen LogP contribution is -2.44. The Bertz CT molecular complexity index is 791. The lowest BCUT2D eigenvalue weighted by molar-refractivity contribution is -0.0505. The summed E-state index contributed by atoms with van der Waals surface area (Å²) in [4.78, 5) is 0. The van der Waals surface area contributed by atoms with Crippen LogP contribution in [0.3, 0.4) is 0 Å². The smallest absolute Gasteiger partial charge is 0.390 e. The molecule has 6 nitrogen and oxygen atoms in total. The third-order valence-corrected chi connectivity index (χ3v) is 7.28.